The lowest BCUT2D eigenvalue weighted by Gasteiger charge is -1.92. The fourth-order valence-corrected chi connectivity index (χ4v) is 0.886. The molecule has 0 saturated heterocycles. The zero-order valence-electron chi connectivity index (χ0n) is 5.60. The van der Waals surface area contributed by atoms with Crippen LogP contribution in [0.4, 0.5) is 0 Å². The minimum atomic E-state index is 0.604. The highest BCUT2D eigenvalue weighted by Gasteiger charge is 1.86. The van der Waals surface area contributed by atoms with Crippen LogP contribution in [0.25, 0.3) is 0 Å². The number of carbonyl (C=O) groups excluding carboxylic acids is 1. The third kappa shape index (κ3) is 8.02. The van der Waals surface area contributed by atoms with Gasteiger partial charge in [-0.1, -0.05) is 12.8 Å². The summed E-state index contributed by atoms with van der Waals surface area (Å²) in [5.74, 6) is 0.963. The molecule has 0 aliphatic heterocycles. The monoisotopic (exact) mass is 145 g/mol. The molecule has 1 radical (unpaired) electrons. The molecule has 1 nitrogen and oxygen atoms in total. The van der Waals surface area contributed by atoms with Crippen LogP contribution in [0.1, 0.15) is 32.1 Å². The lowest BCUT2D eigenvalue weighted by molar-refractivity contribution is 0.545. The Labute approximate surface area is 62.2 Å². The molecule has 53 valence electrons. The summed E-state index contributed by atoms with van der Waals surface area (Å²) in [6, 6.07) is 0. The molecule has 0 saturated carbocycles. The van der Waals surface area contributed by atoms with E-state index in [0.29, 0.717) is 6.42 Å². The predicted molar refractivity (Wildman–Crippen MR) is 42.6 cm³/mol. The molecule has 2 heteroatoms. The summed E-state index contributed by atoms with van der Waals surface area (Å²) < 4.78 is 0. The Kier molecular flexibility index (Phi) is 8.04. The molecule has 0 aliphatic carbocycles. The number of hydrogen-bond acceptors (Lipinski definition) is 2. The Hall–Kier alpha value is 0.0200. The normalized spacial score (nSPS) is 9.44. The van der Waals surface area contributed by atoms with Gasteiger partial charge in [-0.15, -0.1) is 0 Å². The first-order valence-corrected chi connectivity index (χ1v) is 4.01. The van der Waals surface area contributed by atoms with Crippen LogP contribution in [0.5, 0.6) is 0 Å². The van der Waals surface area contributed by atoms with E-state index in [4.69, 9.17) is 0 Å². The van der Waals surface area contributed by atoms with Crippen molar-refractivity contribution in [1.82, 2.24) is 0 Å². The molecule has 0 aromatic heterocycles. The van der Waals surface area contributed by atoms with Gasteiger partial charge in [0.15, 0.2) is 6.29 Å². The van der Waals surface area contributed by atoms with E-state index in [-0.39, 0.29) is 0 Å². The molecule has 0 atom stereocenters. The van der Waals surface area contributed by atoms with Crippen molar-refractivity contribution in [1.29, 1.82) is 0 Å². The summed E-state index contributed by atoms with van der Waals surface area (Å²) in [7, 11) is 0. The summed E-state index contributed by atoms with van der Waals surface area (Å²) in [6.45, 7) is 0. The van der Waals surface area contributed by atoms with E-state index >= 15 is 0 Å². The Morgan fingerprint density at radius 1 is 1.11 bits per heavy atom. The van der Waals surface area contributed by atoms with E-state index in [1.807, 2.05) is 6.29 Å². The van der Waals surface area contributed by atoms with Crippen molar-refractivity contribution in [3.05, 3.63) is 0 Å². The molecule has 0 heterocycles. The van der Waals surface area contributed by atoms with Crippen LogP contribution in [-0.2, 0) is 4.79 Å². The maximum atomic E-state index is 9.70. The number of unbranched alkanes of at least 4 members (excludes halogenated alkanes) is 4. The summed E-state index contributed by atoms with van der Waals surface area (Å²) in [4.78, 5) is 9.70. The third-order valence-corrected chi connectivity index (χ3v) is 1.50. The lowest BCUT2D eigenvalue weighted by atomic mass is 10.2. The first-order valence-electron chi connectivity index (χ1n) is 3.37. The molecule has 0 N–H and O–H groups in total. The van der Waals surface area contributed by atoms with E-state index in [2.05, 4.69) is 12.6 Å². The topological polar surface area (TPSA) is 17.1 Å². The third-order valence-electron chi connectivity index (χ3n) is 1.19. The van der Waals surface area contributed by atoms with E-state index in [1.54, 1.807) is 0 Å². The van der Waals surface area contributed by atoms with Gasteiger partial charge in [0.25, 0.3) is 0 Å². The number of hydrogen-bond donors (Lipinski definition) is 1. The highest BCUT2D eigenvalue weighted by atomic mass is 32.1. The largest absolute Gasteiger partial charge is 0.291 e. The average molecular weight is 145 g/mol. The maximum absolute atomic E-state index is 9.70. The van der Waals surface area contributed by atoms with Crippen molar-refractivity contribution in [2.45, 2.75) is 32.1 Å². The summed E-state index contributed by atoms with van der Waals surface area (Å²) in [5.41, 5.74) is 0. The van der Waals surface area contributed by atoms with Gasteiger partial charge in [-0.05, 0) is 18.6 Å². The standard InChI is InChI=1S/C7H13OS/c8-6-4-2-1-3-5-7-9/h9H,1-5,7H2. The quantitative estimate of drug-likeness (QED) is 0.446. The Morgan fingerprint density at radius 2 is 1.78 bits per heavy atom. The van der Waals surface area contributed by atoms with Crippen LogP contribution in [0, 0.1) is 0 Å². The van der Waals surface area contributed by atoms with E-state index in [9.17, 15) is 4.79 Å². The Bertz CT molecular complexity index is 63.9. The molecular formula is C7H13OS. The van der Waals surface area contributed by atoms with Crippen molar-refractivity contribution in [2.24, 2.45) is 0 Å². The molecular weight excluding hydrogens is 132 g/mol. The van der Waals surface area contributed by atoms with Crippen molar-refractivity contribution in [3.8, 4) is 0 Å². The fraction of sp³-hybridized carbons (Fsp3) is 0.857. The average Bonchev–Trinajstić information content (AvgIpc) is 1.89. The van der Waals surface area contributed by atoms with Gasteiger partial charge in [-0.3, -0.25) is 4.79 Å². The highest BCUT2D eigenvalue weighted by molar-refractivity contribution is 7.80. The van der Waals surface area contributed by atoms with Crippen LogP contribution in [0.2, 0.25) is 0 Å². The van der Waals surface area contributed by atoms with Gasteiger partial charge in [-0.25, -0.2) is 0 Å². The zero-order chi connectivity index (χ0) is 6.95. The molecule has 9 heavy (non-hydrogen) atoms. The molecule has 0 amide bonds. The van der Waals surface area contributed by atoms with Crippen LogP contribution < -0.4 is 0 Å². The van der Waals surface area contributed by atoms with Gasteiger partial charge < -0.3 is 0 Å². The molecule has 0 aliphatic rings. The van der Waals surface area contributed by atoms with Crippen molar-refractivity contribution < 1.29 is 4.79 Å². The first kappa shape index (κ1) is 9.02. The van der Waals surface area contributed by atoms with E-state index in [0.717, 1.165) is 18.6 Å². The van der Waals surface area contributed by atoms with Crippen molar-refractivity contribution in [2.75, 3.05) is 5.75 Å². The minimum absolute atomic E-state index is 0.604. The summed E-state index contributed by atoms with van der Waals surface area (Å²) >= 11 is 4.07. The second-order valence-electron chi connectivity index (χ2n) is 2.03. The number of thiol groups is 1. The van der Waals surface area contributed by atoms with Crippen LogP contribution in [-0.4, -0.2) is 12.0 Å². The van der Waals surface area contributed by atoms with Gasteiger partial charge in [0.2, 0.25) is 0 Å². The van der Waals surface area contributed by atoms with Gasteiger partial charge in [0.05, 0.1) is 0 Å². The van der Waals surface area contributed by atoms with Gasteiger partial charge in [-0.2, -0.15) is 12.6 Å². The second-order valence-corrected chi connectivity index (χ2v) is 2.48. The Balaban J connectivity index is 2.66. The molecule has 0 fully saturated rings. The summed E-state index contributed by atoms with van der Waals surface area (Å²) in [5, 5.41) is 0. The summed E-state index contributed by atoms with van der Waals surface area (Å²) in [6.07, 6.45) is 6.99. The first-order chi connectivity index (χ1) is 4.41. The molecule has 0 aromatic carbocycles. The molecule has 0 aromatic rings. The predicted octanol–water partition coefficient (Wildman–Crippen LogP) is 1.98. The van der Waals surface area contributed by atoms with Crippen molar-refractivity contribution in [3.63, 3.8) is 0 Å². The Morgan fingerprint density at radius 3 is 2.33 bits per heavy atom. The maximum Gasteiger partial charge on any atom is 0.198 e. The lowest BCUT2D eigenvalue weighted by Crippen LogP contribution is -1.79. The van der Waals surface area contributed by atoms with Crippen molar-refractivity contribution >= 4 is 18.9 Å². The molecule has 0 unspecified atom stereocenters. The van der Waals surface area contributed by atoms with E-state index in [1.165, 1.54) is 12.8 Å². The number of rotatable bonds is 6. The second kappa shape index (κ2) is 8.02. The smallest absolute Gasteiger partial charge is 0.198 e. The van der Waals surface area contributed by atoms with Gasteiger partial charge >= 0.3 is 0 Å². The molecule has 0 spiro atoms. The molecule has 0 rings (SSSR count). The SMILES string of the molecule is O=[C]CCCCCCS. The molecule has 0 bridgehead atoms. The van der Waals surface area contributed by atoms with Crippen LogP contribution in [0.3, 0.4) is 0 Å². The van der Waals surface area contributed by atoms with Gasteiger partial charge in [0.1, 0.15) is 0 Å². The van der Waals surface area contributed by atoms with Crippen LogP contribution in [0.15, 0.2) is 0 Å². The highest BCUT2D eigenvalue weighted by Crippen LogP contribution is 2.01. The van der Waals surface area contributed by atoms with Crippen LogP contribution >= 0.6 is 12.6 Å². The van der Waals surface area contributed by atoms with Gasteiger partial charge in [0, 0.05) is 6.42 Å². The van der Waals surface area contributed by atoms with E-state index < -0.39 is 0 Å². The minimum Gasteiger partial charge on any atom is -0.291 e. The zero-order valence-corrected chi connectivity index (χ0v) is 6.49. The fourth-order valence-electron chi connectivity index (χ4n) is 0.663.